The lowest BCUT2D eigenvalue weighted by molar-refractivity contribution is -0.127. The molecule has 0 aliphatic carbocycles. The molecule has 0 spiro atoms. The monoisotopic (exact) mass is 372 g/mol. The second-order valence-electron chi connectivity index (χ2n) is 5.89. The van der Waals surface area contributed by atoms with E-state index >= 15 is 0 Å². The third kappa shape index (κ3) is 3.62. The van der Waals surface area contributed by atoms with Crippen molar-refractivity contribution in [1.29, 1.82) is 0 Å². The Hall–Kier alpha value is -3.06. The minimum Gasteiger partial charge on any atom is -0.348 e. The van der Waals surface area contributed by atoms with Gasteiger partial charge in [0.25, 0.3) is 5.91 Å². The molecule has 8 heteroatoms. The smallest absolute Gasteiger partial charge is 0.329 e. The molecule has 0 radical (unpaired) electrons. The largest absolute Gasteiger partial charge is 0.348 e. The summed E-state index contributed by atoms with van der Waals surface area (Å²) >= 11 is 5.79. The van der Waals surface area contributed by atoms with Gasteiger partial charge in [-0.3, -0.25) is 9.59 Å². The van der Waals surface area contributed by atoms with Crippen LogP contribution in [-0.4, -0.2) is 33.9 Å². The number of aromatic nitrogens is 1. The molecular formula is C18H17ClN4O3. The predicted octanol–water partition coefficient (Wildman–Crippen LogP) is 2.52. The first-order valence-electron chi connectivity index (χ1n) is 7.87. The van der Waals surface area contributed by atoms with E-state index in [1.54, 1.807) is 30.3 Å². The molecule has 1 aliphatic rings. The van der Waals surface area contributed by atoms with E-state index < -0.39 is 17.8 Å². The Labute approximate surface area is 155 Å². The molecule has 2 N–H and O–H groups in total. The summed E-state index contributed by atoms with van der Waals surface area (Å²) < 4.78 is 1.89. The van der Waals surface area contributed by atoms with Gasteiger partial charge < -0.3 is 15.2 Å². The molecule has 4 amide bonds. The van der Waals surface area contributed by atoms with E-state index in [0.717, 1.165) is 16.3 Å². The maximum absolute atomic E-state index is 12.4. The molecule has 2 aromatic rings. The lowest BCUT2D eigenvalue weighted by Gasteiger charge is -2.12. The highest BCUT2D eigenvalue weighted by Gasteiger charge is 2.35. The molecule has 134 valence electrons. The van der Waals surface area contributed by atoms with Crippen LogP contribution in [0, 0.1) is 6.92 Å². The zero-order valence-corrected chi connectivity index (χ0v) is 15.0. The van der Waals surface area contributed by atoms with E-state index in [-0.39, 0.29) is 12.2 Å². The lowest BCUT2D eigenvalue weighted by Crippen LogP contribution is -2.38. The molecule has 1 fully saturated rings. The fourth-order valence-electron chi connectivity index (χ4n) is 2.52. The molecule has 7 nitrogen and oxygen atoms in total. The minimum atomic E-state index is -0.626. The molecule has 0 bridgehead atoms. The highest BCUT2D eigenvalue weighted by Crippen LogP contribution is 2.17. The summed E-state index contributed by atoms with van der Waals surface area (Å²) in [5.41, 5.74) is 2.46. The molecule has 1 aromatic carbocycles. The number of halogens is 1. The van der Waals surface area contributed by atoms with E-state index in [0.29, 0.717) is 10.7 Å². The van der Waals surface area contributed by atoms with Crippen LogP contribution in [0.4, 0.5) is 10.5 Å². The highest BCUT2D eigenvalue weighted by atomic mass is 35.5. The Morgan fingerprint density at radius 1 is 1.19 bits per heavy atom. The number of aryl methyl sites for hydroxylation is 1. The minimum absolute atomic E-state index is 0.135. The predicted molar refractivity (Wildman–Crippen MR) is 98.5 cm³/mol. The van der Waals surface area contributed by atoms with Crippen LogP contribution in [-0.2, 0) is 16.6 Å². The maximum atomic E-state index is 12.4. The quantitative estimate of drug-likeness (QED) is 0.639. The number of hydrogen-bond acceptors (Lipinski definition) is 3. The van der Waals surface area contributed by atoms with Crippen molar-refractivity contribution < 1.29 is 14.4 Å². The van der Waals surface area contributed by atoms with Gasteiger partial charge in [0.2, 0.25) is 5.91 Å². The fourth-order valence-corrected chi connectivity index (χ4v) is 2.64. The van der Waals surface area contributed by atoms with Crippen molar-refractivity contribution in [3.8, 4) is 0 Å². The number of amides is 4. The van der Waals surface area contributed by atoms with E-state index in [1.807, 2.05) is 30.7 Å². The van der Waals surface area contributed by atoms with Gasteiger partial charge in [-0.05, 0) is 49.4 Å². The molecule has 0 saturated carbocycles. The lowest BCUT2D eigenvalue weighted by atomic mass is 10.3. The van der Waals surface area contributed by atoms with E-state index in [1.165, 1.54) is 0 Å². The van der Waals surface area contributed by atoms with Crippen molar-refractivity contribution in [1.82, 2.24) is 14.8 Å². The zero-order valence-electron chi connectivity index (χ0n) is 14.2. The number of benzene rings is 1. The number of urea groups is 1. The second kappa shape index (κ2) is 7.05. The number of carbonyl (C=O) groups excluding carboxylic acids is 3. The van der Waals surface area contributed by atoms with Crippen LogP contribution < -0.4 is 10.6 Å². The van der Waals surface area contributed by atoms with Crippen LogP contribution in [0.15, 0.2) is 42.1 Å². The van der Waals surface area contributed by atoms with Crippen LogP contribution >= 0.6 is 11.6 Å². The van der Waals surface area contributed by atoms with Crippen LogP contribution in [0.2, 0.25) is 5.02 Å². The van der Waals surface area contributed by atoms with Gasteiger partial charge in [0.05, 0.1) is 0 Å². The van der Waals surface area contributed by atoms with Crippen molar-refractivity contribution in [3.63, 3.8) is 0 Å². The Morgan fingerprint density at radius 3 is 2.50 bits per heavy atom. The number of nitrogens with zero attached hydrogens (tertiary/aromatic N) is 2. The van der Waals surface area contributed by atoms with Gasteiger partial charge in [-0.2, -0.15) is 0 Å². The van der Waals surface area contributed by atoms with Gasteiger partial charge >= 0.3 is 6.03 Å². The Morgan fingerprint density at radius 2 is 1.88 bits per heavy atom. The van der Waals surface area contributed by atoms with E-state index in [9.17, 15) is 14.4 Å². The first-order chi connectivity index (χ1) is 12.3. The first-order valence-corrected chi connectivity index (χ1v) is 8.25. The number of carbonyl (C=O) groups is 3. The van der Waals surface area contributed by atoms with Gasteiger partial charge in [-0.1, -0.05) is 11.6 Å². The van der Waals surface area contributed by atoms with E-state index in [2.05, 4.69) is 10.6 Å². The molecule has 1 aliphatic heterocycles. The molecule has 1 saturated heterocycles. The highest BCUT2D eigenvalue weighted by molar-refractivity contribution is 6.30. The molecule has 26 heavy (non-hydrogen) atoms. The van der Waals surface area contributed by atoms with Gasteiger partial charge in [0, 0.05) is 29.1 Å². The maximum Gasteiger partial charge on any atom is 0.329 e. The van der Waals surface area contributed by atoms with E-state index in [4.69, 9.17) is 11.6 Å². The normalized spacial score (nSPS) is 15.5. The summed E-state index contributed by atoms with van der Waals surface area (Å²) in [5.74, 6) is -1.02. The molecule has 0 unspecified atom stereocenters. The summed E-state index contributed by atoms with van der Waals surface area (Å²) in [6, 6.07) is 9.66. The van der Waals surface area contributed by atoms with Crippen molar-refractivity contribution in [3.05, 3.63) is 58.5 Å². The summed E-state index contributed by atoms with van der Waals surface area (Å²) in [6.07, 6.45) is 1.59. The van der Waals surface area contributed by atoms with Crippen molar-refractivity contribution in [2.24, 2.45) is 7.05 Å². The average molecular weight is 373 g/mol. The van der Waals surface area contributed by atoms with Gasteiger partial charge in [-0.15, -0.1) is 0 Å². The summed E-state index contributed by atoms with van der Waals surface area (Å²) in [7, 11) is 1.86. The Bertz CT molecular complexity index is 915. The fraction of sp³-hybridized carbons (Fsp3) is 0.167. The second-order valence-corrected chi connectivity index (χ2v) is 6.33. The van der Waals surface area contributed by atoms with Crippen LogP contribution in [0.5, 0.6) is 0 Å². The van der Waals surface area contributed by atoms with Gasteiger partial charge in [0.1, 0.15) is 12.2 Å². The van der Waals surface area contributed by atoms with Gasteiger partial charge in [-0.25, -0.2) is 9.69 Å². The third-order valence-corrected chi connectivity index (χ3v) is 4.35. The average Bonchev–Trinajstić information content (AvgIpc) is 3.05. The Kier molecular flexibility index (Phi) is 4.81. The standard InChI is InChI=1S/C18H17ClN4O3/c1-11-3-8-14(22(11)2)9-15-17(25)23(18(26)21-15)10-16(24)20-13-6-4-12(19)5-7-13/h3-9H,10H2,1-2H3,(H,20,24)(H,21,26)/b15-9-. The van der Waals surface area contributed by atoms with Crippen LogP contribution in [0.3, 0.4) is 0 Å². The third-order valence-electron chi connectivity index (χ3n) is 4.10. The Balaban J connectivity index is 1.70. The number of rotatable bonds is 4. The first kappa shape index (κ1) is 17.8. The topological polar surface area (TPSA) is 83.4 Å². The molecule has 1 aromatic heterocycles. The van der Waals surface area contributed by atoms with Crippen molar-refractivity contribution in [2.75, 3.05) is 11.9 Å². The summed E-state index contributed by atoms with van der Waals surface area (Å²) in [5, 5.41) is 5.67. The number of imide groups is 1. The van der Waals surface area contributed by atoms with Crippen LogP contribution in [0.1, 0.15) is 11.4 Å². The molecule has 2 heterocycles. The van der Waals surface area contributed by atoms with Gasteiger partial charge in [0.15, 0.2) is 0 Å². The van der Waals surface area contributed by atoms with Crippen molar-refractivity contribution >= 4 is 41.2 Å². The van der Waals surface area contributed by atoms with Crippen LogP contribution in [0.25, 0.3) is 6.08 Å². The molecule has 0 atom stereocenters. The summed E-state index contributed by atoms with van der Waals surface area (Å²) in [4.78, 5) is 37.5. The zero-order chi connectivity index (χ0) is 18.8. The number of hydrogen-bond donors (Lipinski definition) is 2. The number of nitrogens with one attached hydrogen (secondary N) is 2. The summed E-state index contributed by atoms with van der Waals surface area (Å²) in [6.45, 7) is 1.56. The van der Waals surface area contributed by atoms with Crippen molar-refractivity contribution in [2.45, 2.75) is 6.92 Å². The SMILES string of the molecule is Cc1ccc(/C=C2\NC(=O)N(CC(=O)Nc3ccc(Cl)cc3)C2=O)n1C. The molecular weight excluding hydrogens is 356 g/mol. The molecule has 3 rings (SSSR count). The number of anilines is 1.